The molecule has 274 valence electrons. The Hall–Kier alpha value is -5.21. The van der Waals surface area contributed by atoms with Crippen LogP contribution in [-0.2, 0) is 32.1 Å². The van der Waals surface area contributed by atoms with Gasteiger partial charge in [0.15, 0.2) is 12.4 Å². The molecule has 0 saturated carbocycles. The predicted molar refractivity (Wildman–Crippen MR) is 181 cm³/mol. The van der Waals surface area contributed by atoms with Gasteiger partial charge in [-0.2, -0.15) is 15.0 Å². The number of esters is 1. The first-order chi connectivity index (χ1) is 24.4. The van der Waals surface area contributed by atoms with Crippen LogP contribution in [0.25, 0.3) is 0 Å². The summed E-state index contributed by atoms with van der Waals surface area (Å²) in [5, 5.41) is 5.50. The number of carbonyl (C=O) groups is 4. The van der Waals surface area contributed by atoms with Crippen LogP contribution in [-0.4, -0.2) is 77.8 Å². The standard InChI is InChI=1S/C36H43F2N5O8/c1-4-28(44)32(46)39-21-25(33(47)48-3)19-29(45)27-14-11-24-17-30(27)50-16-8-6-5-7-15-49-26-12-9-23(10-13-26)20-40-34-41-31(18-24)42-35(43-34)51-22-36(2,37)38/h9-14,17,25H,4-8,15-16,18-22H2,1-3H3,(H,39,46)(H,40,41,42,43)/t25-/m0/s1. The first kappa shape index (κ1) is 38.6. The SMILES string of the molecule is CCC(=O)C(=O)NC[C@H](CC(=O)c1ccc2cc1OCCCCCCOc1ccc(cc1)CNc1nc(nc(OCC(C)(F)F)n1)C2)C(=O)OC. The van der Waals surface area contributed by atoms with Crippen molar-refractivity contribution in [3.63, 3.8) is 0 Å². The average molecular weight is 712 g/mol. The Kier molecular flexibility index (Phi) is 14.1. The van der Waals surface area contributed by atoms with Gasteiger partial charge in [-0.15, -0.1) is 0 Å². The van der Waals surface area contributed by atoms with Crippen molar-refractivity contribution in [2.45, 2.75) is 71.3 Å². The third-order valence-corrected chi connectivity index (χ3v) is 7.81. The van der Waals surface area contributed by atoms with Gasteiger partial charge in [-0.1, -0.05) is 25.1 Å². The number of Topliss-reactive ketones (excluding diaryl/α,β-unsaturated/α-hetero) is 2. The van der Waals surface area contributed by atoms with Crippen molar-refractivity contribution in [3.05, 3.63) is 65.0 Å². The van der Waals surface area contributed by atoms with Gasteiger partial charge in [0.2, 0.25) is 11.7 Å². The van der Waals surface area contributed by atoms with Gasteiger partial charge in [0.1, 0.15) is 17.3 Å². The largest absolute Gasteiger partial charge is 0.494 e. The number of nitrogens with zero attached hydrogens (tertiary/aromatic N) is 3. The van der Waals surface area contributed by atoms with Gasteiger partial charge in [-0.25, -0.2) is 8.78 Å². The quantitative estimate of drug-likeness (QED) is 0.157. The van der Waals surface area contributed by atoms with Crippen LogP contribution in [0.5, 0.6) is 17.5 Å². The van der Waals surface area contributed by atoms with Crippen LogP contribution in [0.4, 0.5) is 14.7 Å². The summed E-state index contributed by atoms with van der Waals surface area (Å²) in [7, 11) is 1.17. The molecule has 3 heterocycles. The van der Waals surface area contributed by atoms with Crippen LogP contribution in [0.2, 0.25) is 0 Å². The van der Waals surface area contributed by atoms with E-state index in [0.29, 0.717) is 31.7 Å². The number of hydrogen-bond donors (Lipinski definition) is 2. The van der Waals surface area contributed by atoms with Crippen molar-refractivity contribution in [2.75, 3.05) is 38.8 Å². The van der Waals surface area contributed by atoms with Gasteiger partial charge in [-0.05, 0) is 61.1 Å². The van der Waals surface area contributed by atoms with E-state index in [9.17, 15) is 28.0 Å². The molecule has 2 aromatic carbocycles. The third kappa shape index (κ3) is 12.6. The Morgan fingerprint density at radius 3 is 2.35 bits per heavy atom. The molecule has 2 aliphatic rings. The molecule has 51 heavy (non-hydrogen) atoms. The van der Waals surface area contributed by atoms with E-state index in [-0.39, 0.29) is 54.9 Å². The van der Waals surface area contributed by atoms with E-state index < -0.39 is 41.9 Å². The van der Waals surface area contributed by atoms with Crippen molar-refractivity contribution in [1.29, 1.82) is 0 Å². The minimum absolute atomic E-state index is 0.00607. The first-order valence-electron chi connectivity index (χ1n) is 16.8. The van der Waals surface area contributed by atoms with E-state index in [1.165, 1.54) is 14.0 Å². The maximum Gasteiger partial charge on any atom is 0.321 e. The van der Waals surface area contributed by atoms with Gasteiger partial charge in [0.05, 0.1) is 31.8 Å². The van der Waals surface area contributed by atoms with E-state index in [1.54, 1.807) is 18.2 Å². The Morgan fingerprint density at radius 2 is 1.67 bits per heavy atom. The molecule has 1 aromatic heterocycles. The summed E-state index contributed by atoms with van der Waals surface area (Å²) >= 11 is 0. The molecule has 1 atom stereocenters. The van der Waals surface area contributed by atoms with Crippen molar-refractivity contribution in [1.82, 2.24) is 20.3 Å². The zero-order chi connectivity index (χ0) is 36.8. The van der Waals surface area contributed by atoms with Crippen molar-refractivity contribution >= 4 is 29.4 Å². The van der Waals surface area contributed by atoms with Crippen molar-refractivity contribution in [2.24, 2.45) is 5.92 Å². The number of alkyl halides is 2. The number of amides is 1. The summed E-state index contributed by atoms with van der Waals surface area (Å²) in [6.07, 6.45) is 3.06. The molecule has 5 rings (SSSR count). The highest BCUT2D eigenvalue weighted by Gasteiger charge is 2.27. The normalized spacial score (nSPS) is 14.4. The van der Waals surface area contributed by atoms with E-state index in [1.807, 2.05) is 24.3 Å². The molecule has 3 aromatic rings. The fourth-order valence-corrected chi connectivity index (χ4v) is 5.05. The van der Waals surface area contributed by atoms with Crippen LogP contribution < -0.4 is 24.8 Å². The maximum absolute atomic E-state index is 13.6. The molecule has 6 bridgehead atoms. The van der Waals surface area contributed by atoms with E-state index in [4.69, 9.17) is 18.9 Å². The van der Waals surface area contributed by atoms with Crippen LogP contribution in [0.3, 0.4) is 0 Å². The molecule has 15 heteroatoms. The van der Waals surface area contributed by atoms with E-state index >= 15 is 0 Å². The molecule has 0 fully saturated rings. The number of fused-ring (bicyclic) bond motifs is 10. The number of hydrogen-bond acceptors (Lipinski definition) is 12. The number of nitrogens with one attached hydrogen (secondary N) is 2. The number of rotatable bonds is 11. The summed E-state index contributed by atoms with van der Waals surface area (Å²) in [6.45, 7) is 2.23. The summed E-state index contributed by atoms with van der Waals surface area (Å²) in [4.78, 5) is 62.9. The molecule has 0 aliphatic carbocycles. The lowest BCUT2D eigenvalue weighted by Crippen LogP contribution is -2.38. The van der Waals surface area contributed by atoms with Gasteiger partial charge in [0.25, 0.3) is 11.8 Å². The predicted octanol–water partition coefficient (Wildman–Crippen LogP) is 4.90. The number of methoxy groups -OCH3 is 1. The van der Waals surface area contributed by atoms with Crippen molar-refractivity contribution in [3.8, 4) is 17.5 Å². The molecule has 2 aliphatic heterocycles. The van der Waals surface area contributed by atoms with Crippen LogP contribution in [0.1, 0.15) is 79.7 Å². The van der Waals surface area contributed by atoms with Crippen LogP contribution in [0, 0.1) is 5.92 Å². The molecule has 0 unspecified atom stereocenters. The highest BCUT2D eigenvalue weighted by atomic mass is 19.3. The number of halogens is 2. The Bertz CT molecular complexity index is 1670. The second-order valence-corrected chi connectivity index (χ2v) is 12.2. The number of anilines is 1. The second-order valence-electron chi connectivity index (χ2n) is 12.2. The van der Waals surface area contributed by atoms with Gasteiger partial charge < -0.3 is 29.6 Å². The summed E-state index contributed by atoms with van der Waals surface area (Å²) in [6, 6.07) is 12.2. The first-order valence-corrected chi connectivity index (χ1v) is 16.8. The van der Waals surface area contributed by atoms with Crippen LogP contribution in [0.15, 0.2) is 42.5 Å². The van der Waals surface area contributed by atoms with Gasteiger partial charge >= 0.3 is 12.0 Å². The van der Waals surface area contributed by atoms with Crippen LogP contribution >= 0.6 is 0 Å². The lowest BCUT2D eigenvalue weighted by atomic mass is 9.96. The highest BCUT2D eigenvalue weighted by Crippen LogP contribution is 2.26. The zero-order valence-corrected chi connectivity index (χ0v) is 29.0. The second kappa shape index (κ2) is 18.7. The lowest BCUT2D eigenvalue weighted by molar-refractivity contribution is -0.145. The number of ketones is 2. The maximum atomic E-state index is 13.6. The number of benzene rings is 2. The van der Waals surface area contributed by atoms with Crippen molar-refractivity contribution < 1.29 is 46.9 Å². The molecule has 1 amide bonds. The zero-order valence-electron chi connectivity index (χ0n) is 29.0. The third-order valence-electron chi connectivity index (χ3n) is 7.81. The molecule has 2 N–H and O–H groups in total. The summed E-state index contributed by atoms with van der Waals surface area (Å²) in [5.41, 5.74) is 1.75. The monoisotopic (exact) mass is 711 g/mol. The number of ether oxygens (including phenoxy) is 4. The summed E-state index contributed by atoms with van der Waals surface area (Å²) < 4.78 is 49.4. The molecule has 13 nitrogen and oxygen atoms in total. The smallest absolute Gasteiger partial charge is 0.321 e. The van der Waals surface area contributed by atoms with E-state index in [0.717, 1.165) is 37.5 Å². The fraction of sp³-hybridized carbons (Fsp3) is 0.472. The Morgan fingerprint density at radius 1 is 0.961 bits per heavy atom. The lowest BCUT2D eigenvalue weighted by Gasteiger charge is -2.17. The van der Waals surface area contributed by atoms with Gasteiger partial charge in [0, 0.05) is 39.3 Å². The van der Waals surface area contributed by atoms with Gasteiger partial charge in [-0.3, -0.25) is 19.2 Å². The fourth-order valence-electron chi connectivity index (χ4n) is 5.05. The molecule has 0 saturated heterocycles. The molecule has 0 spiro atoms. The molecular formula is C36H43F2N5O8. The summed E-state index contributed by atoms with van der Waals surface area (Å²) in [5.74, 6) is -5.51. The average Bonchev–Trinajstić information content (AvgIpc) is 3.11. The number of carbonyl (C=O) groups excluding carboxylic acids is 4. The molecule has 0 radical (unpaired) electrons. The Balaban J connectivity index is 1.62. The van der Waals surface area contributed by atoms with E-state index in [2.05, 4.69) is 25.6 Å². The minimum Gasteiger partial charge on any atom is -0.494 e. The minimum atomic E-state index is -3.12. The number of aromatic nitrogens is 3. The topological polar surface area (TPSA) is 168 Å². The Labute approximate surface area is 294 Å². The molecular weight excluding hydrogens is 668 g/mol. The highest BCUT2D eigenvalue weighted by molar-refractivity contribution is 6.36.